The largest absolute Gasteiger partial charge is 0.497 e. The Balaban J connectivity index is 1.56. The molecule has 2 aromatic carbocycles. The molecule has 0 atom stereocenters. The lowest BCUT2D eigenvalue weighted by atomic mass is 10.1. The molecule has 1 amide bonds. The molecule has 160 valence electrons. The summed E-state index contributed by atoms with van der Waals surface area (Å²) in [6.07, 6.45) is 4.44. The van der Waals surface area contributed by atoms with Crippen LogP contribution in [0.4, 0.5) is 5.69 Å². The quantitative estimate of drug-likeness (QED) is 0.444. The second kappa shape index (κ2) is 9.32. The summed E-state index contributed by atoms with van der Waals surface area (Å²) in [6, 6.07) is 17.1. The fourth-order valence-electron chi connectivity index (χ4n) is 2.94. The minimum atomic E-state index is -0.331. The monoisotopic (exact) mass is 446 g/mol. The van der Waals surface area contributed by atoms with Crippen LogP contribution >= 0.6 is 11.3 Å². The number of anilines is 1. The number of aromatic nitrogens is 1. The molecular weight excluding hydrogens is 428 g/mol. The van der Waals surface area contributed by atoms with E-state index >= 15 is 0 Å². The molecule has 32 heavy (non-hydrogen) atoms. The van der Waals surface area contributed by atoms with E-state index in [2.05, 4.69) is 10.3 Å². The minimum absolute atomic E-state index is 0.199. The number of nitrogens with one attached hydrogen (secondary N) is 2. The van der Waals surface area contributed by atoms with E-state index in [1.807, 2.05) is 6.07 Å². The van der Waals surface area contributed by atoms with E-state index in [1.165, 1.54) is 12.3 Å². The third kappa shape index (κ3) is 4.93. The molecule has 4 rings (SSSR count). The van der Waals surface area contributed by atoms with Crippen LogP contribution in [0, 0.1) is 0 Å². The molecule has 0 spiro atoms. The molecular formula is C24H18N2O5S. The Bertz CT molecular complexity index is 1430. The zero-order valence-electron chi connectivity index (χ0n) is 17.0. The second-order valence-corrected chi connectivity index (χ2v) is 7.81. The van der Waals surface area contributed by atoms with Crippen LogP contribution in [0.5, 0.6) is 5.75 Å². The fourth-order valence-corrected chi connectivity index (χ4v) is 3.82. The first-order valence-corrected chi connectivity index (χ1v) is 10.4. The van der Waals surface area contributed by atoms with Gasteiger partial charge in [0.1, 0.15) is 5.75 Å². The van der Waals surface area contributed by atoms with Crippen LogP contribution in [-0.4, -0.2) is 23.8 Å². The lowest BCUT2D eigenvalue weighted by Gasteiger charge is -2.07. The highest BCUT2D eigenvalue weighted by atomic mass is 32.1. The molecule has 0 aliphatic rings. The molecule has 0 fully saturated rings. The van der Waals surface area contributed by atoms with Crippen LogP contribution in [0.15, 0.2) is 76.1 Å². The van der Waals surface area contributed by atoms with Crippen LogP contribution < -0.4 is 24.8 Å². The highest BCUT2D eigenvalue weighted by Crippen LogP contribution is 2.15. The van der Waals surface area contributed by atoms with Gasteiger partial charge in [-0.2, -0.15) is 0 Å². The van der Waals surface area contributed by atoms with Gasteiger partial charge in [-0.1, -0.05) is 12.1 Å². The normalized spacial score (nSPS) is 12.0. The molecule has 8 heteroatoms. The van der Waals surface area contributed by atoms with Gasteiger partial charge < -0.3 is 19.5 Å². The Kier molecular flexibility index (Phi) is 6.14. The maximum atomic E-state index is 12.5. The fraction of sp³-hybridized carbons (Fsp3) is 0.0417. The molecule has 0 saturated heterocycles. The Hall–Kier alpha value is -4.17. The van der Waals surface area contributed by atoms with Gasteiger partial charge in [0.05, 0.1) is 22.6 Å². The van der Waals surface area contributed by atoms with Crippen molar-refractivity contribution in [3.05, 3.63) is 103 Å². The lowest BCUT2D eigenvalue weighted by Crippen LogP contribution is -2.20. The van der Waals surface area contributed by atoms with E-state index in [1.54, 1.807) is 67.8 Å². The van der Waals surface area contributed by atoms with Gasteiger partial charge in [0.2, 0.25) is 5.78 Å². The Morgan fingerprint density at radius 2 is 1.91 bits per heavy atom. The number of rotatable bonds is 6. The third-order valence-corrected chi connectivity index (χ3v) is 5.46. The molecule has 0 bridgehead atoms. The van der Waals surface area contributed by atoms with E-state index in [4.69, 9.17) is 9.15 Å². The van der Waals surface area contributed by atoms with Crippen molar-refractivity contribution in [2.75, 3.05) is 12.4 Å². The summed E-state index contributed by atoms with van der Waals surface area (Å²) in [5, 5.41) is 2.84. The summed E-state index contributed by atoms with van der Waals surface area (Å²) in [7, 11) is 1.56. The van der Waals surface area contributed by atoms with E-state index in [0.717, 1.165) is 16.9 Å². The van der Waals surface area contributed by atoms with Crippen molar-refractivity contribution in [1.82, 2.24) is 4.98 Å². The smallest absolute Gasteiger partial charge is 0.266 e. The van der Waals surface area contributed by atoms with Crippen molar-refractivity contribution in [3.8, 4) is 5.75 Å². The first kappa shape index (κ1) is 21.1. The van der Waals surface area contributed by atoms with E-state index < -0.39 is 0 Å². The summed E-state index contributed by atoms with van der Waals surface area (Å²) in [5.74, 6) is 0.279. The average Bonchev–Trinajstić information content (AvgIpc) is 3.44. The number of Topliss-reactive ketones (excluding diaryl/α,β-unsaturated/α-hetero) is 1. The number of furan rings is 1. The van der Waals surface area contributed by atoms with Gasteiger partial charge in [0.25, 0.3) is 11.5 Å². The number of benzene rings is 2. The van der Waals surface area contributed by atoms with Gasteiger partial charge in [-0.25, -0.2) is 0 Å². The molecule has 0 saturated carbocycles. The van der Waals surface area contributed by atoms with Gasteiger partial charge in [0.15, 0.2) is 5.76 Å². The number of thiazole rings is 1. The number of H-pyrrole nitrogens is 1. The number of amides is 1. The molecule has 0 radical (unpaired) electrons. The van der Waals surface area contributed by atoms with Crippen LogP contribution in [0.25, 0.3) is 12.2 Å². The van der Waals surface area contributed by atoms with Crippen molar-refractivity contribution in [1.29, 1.82) is 0 Å². The molecule has 4 aromatic rings. The van der Waals surface area contributed by atoms with E-state index in [-0.39, 0.29) is 23.0 Å². The van der Waals surface area contributed by atoms with Gasteiger partial charge in [-0.05, 0) is 60.2 Å². The number of carbonyl (C=O) groups is 2. The summed E-state index contributed by atoms with van der Waals surface area (Å²) < 4.78 is 11.0. The summed E-state index contributed by atoms with van der Waals surface area (Å²) in [6.45, 7) is 0. The SMILES string of the molecule is COc1ccc(C(=O)Nc2cccc(/C=c3\s/c(=C\C(=O)c4ccco4)[nH]c3=O)c2)cc1. The maximum Gasteiger partial charge on any atom is 0.266 e. The second-order valence-electron chi connectivity index (χ2n) is 6.72. The number of hydrogen-bond donors (Lipinski definition) is 2. The van der Waals surface area contributed by atoms with E-state index in [0.29, 0.717) is 26.2 Å². The molecule has 0 aliphatic heterocycles. The predicted molar refractivity (Wildman–Crippen MR) is 123 cm³/mol. The molecule has 2 heterocycles. The molecule has 2 N–H and O–H groups in total. The van der Waals surface area contributed by atoms with Crippen molar-refractivity contribution in [2.45, 2.75) is 0 Å². The lowest BCUT2D eigenvalue weighted by molar-refractivity contribution is 0.102. The van der Waals surface area contributed by atoms with Crippen LogP contribution in [0.3, 0.4) is 0 Å². The average molecular weight is 446 g/mol. The molecule has 0 unspecified atom stereocenters. The van der Waals surface area contributed by atoms with Gasteiger partial charge >= 0.3 is 0 Å². The van der Waals surface area contributed by atoms with Crippen molar-refractivity contribution >= 4 is 40.9 Å². The zero-order chi connectivity index (χ0) is 22.5. The van der Waals surface area contributed by atoms with Gasteiger partial charge in [0, 0.05) is 17.3 Å². The van der Waals surface area contributed by atoms with Gasteiger partial charge in [-0.3, -0.25) is 14.4 Å². The number of aromatic amines is 1. The minimum Gasteiger partial charge on any atom is -0.497 e. The highest BCUT2D eigenvalue weighted by Gasteiger charge is 2.07. The topological polar surface area (TPSA) is 101 Å². The number of hydrogen-bond acceptors (Lipinski definition) is 6. The van der Waals surface area contributed by atoms with E-state index in [9.17, 15) is 14.4 Å². The first-order valence-electron chi connectivity index (χ1n) is 9.58. The molecule has 2 aromatic heterocycles. The summed E-state index contributed by atoms with van der Waals surface area (Å²) in [4.78, 5) is 39.6. The van der Waals surface area contributed by atoms with Crippen molar-refractivity contribution < 1.29 is 18.7 Å². The Morgan fingerprint density at radius 1 is 1.09 bits per heavy atom. The Morgan fingerprint density at radius 3 is 2.62 bits per heavy atom. The number of methoxy groups -OCH3 is 1. The zero-order valence-corrected chi connectivity index (χ0v) is 17.8. The van der Waals surface area contributed by atoms with Crippen LogP contribution in [-0.2, 0) is 0 Å². The van der Waals surface area contributed by atoms with Crippen LogP contribution in [0.1, 0.15) is 26.5 Å². The standard InChI is InChI=1S/C24H18N2O5S/c1-30-18-9-7-16(8-10-18)23(28)25-17-5-2-4-15(12-17)13-21-24(29)26-22(32-21)14-19(27)20-6-3-11-31-20/h2-14H,1H3,(H,25,28)(H,26,29)/b21-13-,22-14-. The first-order chi connectivity index (χ1) is 15.5. The van der Waals surface area contributed by atoms with Gasteiger partial charge in [-0.15, -0.1) is 11.3 Å². The van der Waals surface area contributed by atoms with Crippen molar-refractivity contribution in [2.24, 2.45) is 0 Å². The third-order valence-electron chi connectivity index (χ3n) is 4.50. The summed E-state index contributed by atoms with van der Waals surface area (Å²) >= 11 is 1.16. The van der Waals surface area contributed by atoms with Crippen LogP contribution in [0.2, 0.25) is 0 Å². The maximum absolute atomic E-state index is 12.5. The predicted octanol–water partition coefficient (Wildman–Crippen LogP) is 2.78. The number of ketones is 1. The molecule has 7 nitrogen and oxygen atoms in total. The summed E-state index contributed by atoms with van der Waals surface area (Å²) in [5.41, 5.74) is 1.51. The number of carbonyl (C=O) groups excluding carboxylic acids is 2. The number of ether oxygens (including phenoxy) is 1. The highest BCUT2D eigenvalue weighted by molar-refractivity contribution is 7.07. The molecule has 0 aliphatic carbocycles. The Labute approximate surface area is 186 Å². The van der Waals surface area contributed by atoms with Crippen molar-refractivity contribution in [3.63, 3.8) is 0 Å².